The van der Waals surface area contributed by atoms with Crippen molar-refractivity contribution >= 4 is 5.91 Å². The second-order valence-electron chi connectivity index (χ2n) is 4.17. The molecular weight excluding hydrogens is 222 g/mol. The van der Waals surface area contributed by atoms with Crippen LogP contribution in [0.3, 0.4) is 0 Å². The molecule has 94 valence electrons. The van der Waals surface area contributed by atoms with Crippen molar-refractivity contribution in [1.82, 2.24) is 20.1 Å². The van der Waals surface area contributed by atoms with Gasteiger partial charge in [-0.3, -0.25) is 4.79 Å². The van der Waals surface area contributed by atoms with Crippen LogP contribution in [-0.2, 0) is 22.6 Å². The molecule has 0 bridgehead atoms. The van der Waals surface area contributed by atoms with Crippen molar-refractivity contribution in [2.75, 3.05) is 13.2 Å². The first-order chi connectivity index (χ1) is 8.15. The predicted octanol–water partition coefficient (Wildman–Crippen LogP) is -0.968. The minimum absolute atomic E-state index is 0.194. The number of hydrogen-bond acceptors (Lipinski definition) is 5. The quantitative estimate of drug-likeness (QED) is 0.705. The Kier molecular flexibility index (Phi) is 3.39. The van der Waals surface area contributed by atoms with E-state index in [9.17, 15) is 4.79 Å². The van der Waals surface area contributed by atoms with Crippen LogP contribution in [0.5, 0.6) is 0 Å². The molecule has 1 atom stereocenters. The number of aryl methyl sites for hydroxylation is 1. The fourth-order valence-electron chi connectivity index (χ4n) is 1.78. The number of amides is 1. The Hall–Kier alpha value is -1.47. The summed E-state index contributed by atoms with van der Waals surface area (Å²) in [6, 6.07) is 0. The third kappa shape index (κ3) is 2.45. The van der Waals surface area contributed by atoms with Crippen molar-refractivity contribution in [3.8, 4) is 0 Å². The van der Waals surface area contributed by atoms with Crippen molar-refractivity contribution in [3.63, 3.8) is 0 Å². The molecule has 0 aliphatic carbocycles. The van der Waals surface area contributed by atoms with E-state index in [1.165, 1.54) is 0 Å². The summed E-state index contributed by atoms with van der Waals surface area (Å²) in [5.41, 5.74) is 5.04. The van der Waals surface area contributed by atoms with Crippen molar-refractivity contribution in [2.24, 2.45) is 5.73 Å². The van der Waals surface area contributed by atoms with Gasteiger partial charge in [-0.1, -0.05) is 0 Å². The number of nitrogens with one attached hydrogen (secondary N) is 1. The molecule has 1 saturated heterocycles. The molecule has 2 heterocycles. The van der Waals surface area contributed by atoms with Crippen LogP contribution in [0, 0.1) is 0 Å². The summed E-state index contributed by atoms with van der Waals surface area (Å²) in [4.78, 5) is 11.9. The van der Waals surface area contributed by atoms with Crippen LogP contribution in [-0.4, -0.2) is 39.4 Å². The highest BCUT2D eigenvalue weighted by Crippen LogP contribution is 2.15. The lowest BCUT2D eigenvalue weighted by atomic mass is 9.99. The Morgan fingerprint density at radius 3 is 3.24 bits per heavy atom. The average Bonchev–Trinajstić information content (AvgIpc) is 2.95. The van der Waals surface area contributed by atoms with Gasteiger partial charge in [0.25, 0.3) is 0 Å². The predicted molar refractivity (Wildman–Crippen MR) is 59.9 cm³/mol. The van der Waals surface area contributed by atoms with E-state index in [0.29, 0.717) is 19.6 Å². The molecule has 3 N–H and O–H groups in total. The lowest BCUT2D eigenvalue weighted by molar-refractivity contribution is -0.126. The van der Waals surface area contributed by atoms with Crippen molar-refractivity contribution < 1.29 is 9.53 Å². The highest BCUT2D eigenvalue weighted by molar-refractivity contribution is 5.86. The Balaban J connectivity index is 1.92. The zero-order valence-corrected chi connectivity index (χ0v) is 9.85. The van der Waals surface area contributed by atoms with E-state index in [1.807, 2.05) is 11.5 Å². The van der Waals surface area contributed by atoms with Crippen LogP contribution in [0.25, 0.3) is 0 Å². The first kappa shape index (κ1) is 12.0. The summed E-state index contributed by atoms with van der Waals surface area (Å²) in [5.74, 6) is 0.531. The maximum absolute atomic E-state index is 11.9. The molecule has 1 fully saturated rings. The van der Waals surface area contributed by atoms with Gasteiger partial charge in [0.1, 0.15) is 11.9 Å². The summed E-state index contributed by atoms with van der Waals surface area (Å²) in [5, 5.41) is 10.5. The molecule has 2 rings (SSSR count). The van der Waals surface area contributed by atoms with Gasteiger partial charge in [-0.15, -0.1) is 10.2 Å². The third-order valence-corrected chi connectivity index (χ3v) is 2.95. The number of aromatic nitrogens is 3. The van der Waals surface area contributed by atoms with Crippen LogP contribution >= 0.6 is 0 Å². The molecule has 0 spiro atoms. The lowest BCUT2D eigenvalue weighted by Gasteiger charge is -2.20. The fraction of sp³-hybridized carbons (Fsp3) is 0.700. The van der Waals surface area contributed by atoms with Gasteiger partial charge in [-0.25, -0.2) is 0 Å². The summed E-state index contributed by atoms with van der Waals surface area (Å²) in [6.45, 7) is 3.92. The van der Waals surface area contributed by atoms with E-state index < -0.39 is 5.54 Å². The average molecular weight is 239 g/mol. The SMILES string of the molecule is CCn1cnnc1CNC(=O)C1(N)CCOC1. The van der Waals surface area contributed by atoms with Gasteiger partial charge in [0.05, 0.1) is 13.2 Å². The molecule has 1 aromatic heterocycles. The monoisotopic (exact) mass is 239 g/mol. The van der Waals surface area contributed by atoms with E-state index >= 15 is 0 Å². The number of nitrogens with two attached hydrogens (primary N) is 1. The van der Waals surface area contributed by atoms with Crippen molar-refractivity contribution in [1.29, 1.82) is 0 Å². The van der Waals surface area contributed by atoms with Gasteiger partial charge in [-0.05, 0) is 13.3 Å². The minimum atomic E-state index is -0.892. The largest absolute Gasteiger partial charge is 0.379 e. The maximum Gasteiger partial charge on any atom is 0.242 e. The van der Waals surface area contributed by atoms with Gasteiger partial charge in [0, 0.05) is 13.2 Å². The van der Waals surface area contributed by atoms with E-state index in [4.69, 9.17) is 10.5 Å². The van der Waals surface area contributed by atoms with Crippen LogP contribution in [0.15, 0.2) is 6.33 Å². The van der Waals surface area contributed by atoms with E-state index in [-0.39, 0.29) is 12.5 Å². The fourth-order valence-corrected chi connectivity index (χ4v) is 1.78. The highest BCUT2D eigenvalue weighted by atomic mass is 16.5. The van der Waals surface area contributed by atoms with E-state index in [0.717, 1.165) is 12.4 Å². The molecule has 1 amide bonds. The molecule has 7 nitrogen and oxygen atoms in total. The molecule has 1 unspecified atom stereocenters. The van der Waals surface area contributed by atoms with Gasteiger partial charge in [0.15, 0.2) is 5.82 Å². The topological polar surface area (TPSA) is 95.1 Å². The number of hydrogen-bond donors (Lipinski definition) is 2. The number of carbonyl (C=O) groups is 1. The van der Waals surface area contributed by atoms with Gasteiger partial charge in [-0.2, -0.15) is 0 Å². The lowest BCUT2D eigenvalue weighted by Crippen LogP contribution is -2.54. The van der Waals surface area contributed by atoms with Gasteiger partial charge in [0.2, 0.25) is 5.91 Å². The molecule has 17 heavy (non-hydrogen) atoms. The summed E-state index contributed by atoms with van der Waals surface area (Å²) in [7, 11) is 0. The molecule has 1 aromatic rings. The Morgan fingerprint density at radius 2 is 2.59 bits per heavy atom. The van der Waals surface area contributed by atoms with Gasteiger partial charge >= 0.3 is 0 Å². The second-order valence-corrected chi connectivity index (χ2v) is 4.17. The summed E-state index contributed by atoms with van der Waals surface area (Å²) in [6.07, 6.45) is 2.19. The normalized spacial score (nSPS) is 23.9. The Morgan fingerprint density at radius 1 is 1.76 bits per heavy atom. The van der Waals surface area contributed by atoms with E-state index in [1.54, 1.807) is 6.33 Å². The van der Waals surface area contributed by atoms with Crippen LogP contribution in [0.1, 0.15) is 19.2 Å². The number of ether oxygens (including phenoxy) is 1. The Bertz CT molecular complexity index is 397. The van der Waals surface area contributed by atoms with Crippen LogP contribution in [0.2, 0.25) is 0 Å². The number of carbonyl (C=O) groups excluding carboxylic acids is 1. The summed E-state index contributed by atoms with van der Waals surface area (Å²) < 4.78 is 7.01. The van der Waals surface area contributed by atoms with E-state index in [2.05, 4.69) is 15.5 Å². The molecule has 1 aliphatic heterocycles. The molecule has 7 heteroatoms. The minimum Gasteiger partial charge on any atom is -0.379 e. The first-order valence-electron chi connectivity index (χ1n) is 5.67. The summed E-state index contributed by atoms with van der Waals surface area (Å²) >= 11 is 0. The number of rotatable bonds is 4. The highest BCUT2D eigenvalue weighted by Gasteiger charge is 2.38. The van der Waals surface area contributed by atoms with Crippen LogP contribution < -0.4 is 11.1 Å². The second kappa shape index (κ2) is 4.80. The number of nitrogens with zero attached hydrogens (tertiary/aromatic N) is 3. The van der Waals surface area contributed by atoms with Crippen molar-refractivity contribution in [2.45, 2.75) is 32.0 Å². The van der Waals surface area contributed by atoms with Gasteiger partial charge < -0.3 is 20.4 Å². The molecule has 0 saturated carbocycles. The molecule has 0 radical (unpaired) electrons. The molecule has 0 aromatic carbocycles. The zero-order valence-electron chi connectivity index (χ0n) is 9.85. The molecule has 1 aliphatic rings. The third-order valence-electron chi connectivity index (χ3n) is 2.95. The van der Waals surface area contributed by atoms with Crippen molar-refractivity contribution in [3.05, 3.63) is 12.2 Å². The first-order valence-corrected chi connectivity index (χ1v) is 5.67. The zero-order chi connectivity index (χ0) is 12.3. The smallest absolute Gasteiger partial charge is 0.242 e. The maximum atomic E-state index is 11.9. The van der Waals surface area contributed by atoms with Crippen LogP contribution in [0.4, 0.5) is 0 Å². The standard InChI is InChI=1S/C10H17N5O2/c1-2-15-7-13-14-8(15)5-12-9(16)10(11)3-4-17-6-10/h7H,2-6,11H2,1H3,(H,12,16). The Labute approximate surface area is 99.3 Å². The molecular formula is C10H17N5O2.